The van der Waals surface area contributed by atoms with Gasteiger partial charge in [-0.1, -0.05) is 48.5 Å². The number of anilines is 1. The molecular formula is C27H28N3O2+. The molecule has 5 rings (SSSR count). The number of aromatic amines is 1. The number of carbonyl (C=O) groups is 1. The number of ether oxygens (including phenoxy) is 1. The van der Waals surface area contributed by atoms with E-state index in [2.05, 4.69) is 34.1 Å². The highest BCUT2D eigenvalue weighted by Crippen LogP contribution is 2.24. The van der Waals surface area contributed by atoms with E-state index in [1.165, 1.54) is 10.6 Å². The molecule has 4 aromatic rings. The highest BCUT2D eigenvalue weighted by molar-refractivity contribution is 6.10. The van der Waals surface area contributed by atoms with Crippen LogP contribution in [0.1, 0.15) is 22.0 Å². The number of para-hydroxylation sites is 1. The van der Waals surface area contributed by atoms with E-state index in [1.54, 1.807) is 7.11 Å². The van der Waals surface area contributed by atoms with Crippen molar-refractivity contribution >= 4 is 22.4 Å². The molecule has 1 atom stereocenters. The number of piperazine rings is 1. The number of carbonyl (C=O) groups excluding carboxylic acids is 1. The molecule has 0 bridgehead atoms. The predicted octanol–water partition coefficient (Wildman–Crippen LogP) is 3.51. The molecule has 32 heavy (non-hydrogen) atoms. The van der Waals surface area contributed by atoms with Gasteiger partial charge >= 0.3 is 0 Å². The molecular weight excluding hydrogens is 398 g/mol. The Morgan fingerprint density at radius 1 is 0.938 bits per heavy atom. The standard InChI is InChI=1S/C27H27N3O2/c1-32-22-13-11-21(12-14-22)29-15-17-30(18-16-29)26(20-7-3-2-4-8-20)27(31)24-19-28-25-10-6-5-9-23(24)25/h2-14,19,26,28H,15-18H2,1H3/p+1/t26-/m0/s1. The van der Waals surface area contributed by atoms with Crippen LogP contribution in [0.2, 0.25) is 0 Å². The molecule has 1 fully saturated rings. The second kappa shape index (κ2) is 8.89. The zero-order chi connectivity index (χ0) is 21.9. The van der Waals surface area contributed by atoms with Gasteiger partial charge in [-0.3, -0.25) is 4.79 Å². The molecule has 1 aliphatic heterocycles. The fourth-order valence-corrected chi connectivity index (χ4v) is 4.78. The van der Waals surface area contributed by atoms with Crippen molar-refractivity contribution < 1.29 is 14.4 Å². The Kier molecular flexibility index (Phi) is 5.65. The molecule has 2 heterocycles. The van der Waals surface area contributed by atoms with Gasteiger partial charge in [0, 0.05) is 33.9 Å². The van der Waals surface area contributed by atoms with Crippen LogP contribution in [0.25, 0.3) is 10.9 Å². The first kappa shape index (κ1) is 20.3. The molecule has 0 amide bonds. The Morgan fingerprint density at radius 2 is 1.62 bits per heavy atom. The molecule has 0 unspecified atom stereocenters. The molecule has 0 saturated carbocycles. The van der Waals surface area contributed by atoms with Crippen LogP contribution in [0.5, 0.6) is 5.75 Å². The third kappa shape index (κ3) is 3.87. The average Bonchev–Trinajstić information content (AvgIpc) is 3.30. The molecule has 2 N–H and O–H groups in total. The molecule has 162 valence electrons. The summed E-state index contributed by atoms with van der Waals surface area (Å²) >= 11 is 0. The van der Waals surface area contributed by atoms with E-state index in [9.17, 15) is 4.79 Å². The maximum Gasteiger partial charge on any atom is 0.226 e. The lowest BCUT2D eigenvalue weighted by atomic mass is 9.95. The number of rotatable bonds is 6. The van der Waals surface area contributed by atoms with Crippen LogP contribution < -0.4 is 14.5 Å². The van der Waals surface area contributed by atoms with Gasteiger partial charge in [0.15, 0.2) is 6.04 Å². The number of fused-ring (bicyclic) bond motifs is 1. The minimum Gasteiger partial charge on any atom is -0.497 e. The highest BCUT2D eigenvalue weighted by atomic mass is 16.5. The van der Waals surface area contributed by atoms with E-state index >= 15 is 0 Å². The Hall–Kier alpha value is -3.57. The van der Waals surface area contributed by atoms with E-state index in [0.717, 1.165) is 54.0 Å². The minimum atomic E-state index is -0.214. The lowest BCUT2D eigenvalue weighted by Crippen LogP contribution is -3.15. The number of H-pyrrole nitrogens is 1. The zero-order valence-electron chi connectivity index (χ0n) is 18.3. The van der Waals surface area contributed by atoms with Crippen LogP contribution in [0.15, 0.2) is 85.1 Å². The molecule has 3 aromatic carbocycles. The van der Waals surface area contributed by atoms with Crippen molar-refractivity contribution in [3.63, 3.8) is 0 Å². The fourth-order valence-electron chi connectivity index (χ4n) is 4.78. The van der Waals surface area contributed by atoms with Crippen molar-refractivity contribution in [1.82, 2.24) is 4.98 Å². The van der Waals surface area contributed by atoms with Crippen molar-refractivity contribution in [2.45, 2.75) is 6.04 Å². The second-order valence-electron chi connectivity index (χ2n) is 8.30. The Balaban J connectivity index is 1.40. The van der Waals surface area contributed by atoms with Crippen LogP contribution in [0.3, 0.4) is 0 Å². The van der Waals surface area contributed by atoms with E-state index in [4.69, 9.17) is 4.74 Å². The molecule has 5 nitrogen and oxygen atoms in total. The van der Waals surface area contributed by atoms with Crippen LogP contribution in [0, 0.1) is 0 Å². The van der Waals surface area contributed by atoms with Crippen molar-refractivity contribution in [3.8, 4) is 5.75 Å². The predicted molar refractivity (Wildman–Crippen MR) is 128 cm³/mol. The van der Waals surface area contributed by atoms with Crippen molar-refractivity contribution in [2.24, 2.45) is 0 Å². The third-order valence-electron chi connectivity index (χ3n) is 6.50. The molecule has 1 saturated heterocycles. The summed E-state index contributed by atoms with van der Waals surface area (Å²) < 4.78 is 5.28. The first-order chi connectivity index (χ1) is 15.7. The Morgan fingerprint density at radius 3 is 2.34 bits per heavy atom. The summed E-state index contributed by atoms with van der Waals surface area (Å²) in [7, 11) is 1.69. The third-order valence-corrected chi connectivity index (χ3v) is 6.50. The average molecular weight is 427 g/mol. The topological polar surface area (TPSA) is 49.8 Å². The number of ketones is 1. The molecule has 1 aliphatic rings. The van der Waals surface area contributed by atoms with Crippen LogP contribution in [-0.2, 0) is 0 Å². The SMILES string of the molecule is COc1ccc(N2CC[NH+]([C@H](C(=O)c3c[nH]c4ccccc34)c3ccccc3)CC2)cc1. The van der Waals surface area contributed by atoms with Gasteiger partial charge in [-0.25, -0.2) is 0 Å². The molecule has 5 heteroatoms. The van der Waals surface area contributed by atoms with Gasteiger partial charge < -0.3 is 19.5 Å². The Bertz CT molecular complexity index is 1190. The number of nitrogens with zero attached hydrogens (tertiary/aromatic N) is 1. The van der Waals surface area contributed by atoms with Crippen molar-refractivity contribution in [1.29, 1.82) is 0 Å². The van der Waals surface area contributed by atoms with Gasteiger partial charge in [0.05, 0.1) is 33.3 Å². The van der Waals surface area contributed by atoms with Crippen molar-refractivity contribution in [2.75, 3.05) is 38.2 Å². The number of nitrogens with one attached hydrogen (secondary N) is 2. The molecule has 0 spiro atoms. The van der Waals surface area contributed by atoms with Crippen LogP contribution in [-0.4, -0.2) is 44.1 Å². The van der Waals surface area contributed by atoms with E-state index in [-0.39, 0.29) is 11.8 Å². The first-order valence-electron chi connectivity index (χ1n) is 11.1. The minimum absolute atomic E-state index is 0.182. The number of methoxy groups -OCH3 is 1. The van der Waals surface area contributed by atoms with Gasteiger partial charge in [-0.15, -0.1) is 0 Å². The quantitative estimate of drug-likeness (QED) is 0.464. The summed E-state index contributed by atoms with van der Waals surface area (Å²) in [4.78, 5) is 20.8. The zero-order valence-corrected chi connectivity index (χ0v) is 18.3. The summed E-state index contributed by atoms with van der Waals surface area (Å²) in [6.07, 6.45) is 1.87. The first-order valence-corrected chi connectivity index (χ1v) is 11.1. The number of quaternary nitrogens is 1. The maximum atomic E-state index is 13.9. The smallest absolute Gasteiger partial charge is 0.226 e. The number of benzene rings is 3. The summed E-state index contributed by atoms with van der Waals surface area (Å²) in [5, 5.41) is 0.995. The monoisotopic (exact) mass is 426 g/mol. The molecule has 1 aromatic heterocycles. The maximum absolute atomic E-state index is 13.9. The van der Waals surface area contributed by atoms with E-state index in [0.29, 0.717) is 0 Å². The second-order valence-corrected chi connectivity index (χ2v) is 8.30. The highest BCUT2D eigenvalue weighted by Gasteiger charge is 2.35. The lowest BCUT2D eigenvalue weighted by molar-refractivity contribution is -0.921. The number of hydrogen-bond donors (Lipinski definition) is 2. The van der Waals surface area contributed by atoms with Crippen LogP contribution in [0.4, 0.5) is 5.69 Å². The summed E-state index contributed by atoms with van der Waals surface area (Å²) in [5.74, 6) is 1.05. The van der Waals surface area contributed by atoms with Gasteiger partial charge in [-0.2, -0.15) is 0 Å². The summed E-state index contributed by atoms with van der Waals surface area (Å²) in [5.41, 5.74) is 4.06. The fraction of sp³-hybridized carbons (Fsp3) is 0.222. The van der Waals surface area contributed by atoms with E-state index < -0.39 is 0 Å². The van der Waals surface area contributed by atoms with Crippen molar-refractivity contribution in [3.05, 3.63) is 96.2 Å². The van der Waals surface area contributed by atoms with Gasteiger partial charge in [0.2, 0.25) is 5.78 Å². The molecule has 0 aliphatic carbocycles. The number of hydrogen-bond acceptors (Lipinski definition) is 3. The normalized spacial score (nSPS) is 15.6. The number of aromatic nitrogens is 1. The largest absolute Gasteiger partial charge is 0.497 e. The summed E-state index contributed by atoms with van der Waals surface area (Å²) in [6.45, 7) is 3.62. The number of Topliss-reactive ketones (excluding diaryl/α,β-unsaturated/α-hetero) is 1. The lowest BCUT2D eigenvalue weighted by Gasteiger charge is -2.37. The van der Waals surface area contributed by atoms with Gasteiger partial charge in [-0.05, 0) is 30.3 Å². The van der Waals surface area contributed by atoms with E-state index in [1.807, 2.05) is 60.8 Å². The van der Waals surface area contributed by atoms with Crippen LogP contribution >= 0.6 is 0 Å². The Labute approximate surface area is 188 Å². The molecule has 0 radical (unpaired) electrons. The van der Waals surface area contributed by atoms with Gasteiger partial charge in [0.25, 0.3) is 0 Å². The van der Waals surface area contributed by atoms with Gasteiger partial charge in [0.1, 0.15) is 5.75 Å². The summed E-state index contributed by atoms with van der Waals surface area (Å²) in [6, 6.07) is 26.3.